The van der Waals surface area contributed by atoms with Crippen LogP contribution in [0.25, 0.3) is 0 Å². The van der Waals surface area contributed by atoms with Crippen LogP contribution < -0.4 is 5.32 Å². The van der Waals surface area contributed by atoms with Crippen LogP contribution in [0, 0.1) is 5.92 Å². The molecule has 0 saturated carbocycles. The average molecular weight is 267 g/mol. The van der Waals surface area contributed by atoms with E-state index in [1.807, 2.05) is 0 Å². The summed E-state index contributed by atoms with van der Waals surface area (Å²) in [7, 11) is 0. The summed E-state index contributed by atoms with van der Waals surface area (Å²) in [5.74, 6) is -2.24. The molecular weight excluding hydrogens is 252 g/mol. The maximum Gasteiger partial charge on any atom is 0.311 e. The molecule has 104 valence electrons. The lowest BCUT2D eigenvalue weighted by Gasteiger charge is -2.15. The van der Waals surface area contributed by atoms with E-state index in [-0.39, 0.29) is 26.2 Å². The van der Waals surface area contributed by atoms with Gasteiger partial charge in [0.15, 0.2) is 0 Å². The Morgan fingerprint density at radius 2 is 2.17 bits per heavy atom. The molecule has 1 saturated heterocycles. The topological polar surface area (TPSA) is 84.9 Å². The molecule has 0 aromatic rings. The summed E-state index contributed by atoms with van der Waals surface area (Å²) in [5.41, 5.74) is 0. The first-order valence-corrected chi connectivity index (χ1v) is 5.46. The average Bonchev–Trinajstić information content (AvgIpc) is 2.72. The standard InChI is InChI=1S/C10H15F2NO5/c11-8(12)5-17-2-1-9(14)13-7-4-18-3-6(7)10(15)16/h6-8H,1-5H2,(H,13,14)(H,15,16). The summed E-state index contributed by atoms with van der Waals surface area (Å²) in [6, 6.07) is -0.579. The summed E-state index contributed by atoms with van der Waals surface area (Å²) in [5, 5.41) is 11.3. The highest BCUT2D eigenvalue weighted by molar-refractivity contribution is 5.78. The van der Waals surface area contributed by atoms with E-state index in [1.54, 1.807) is 0 Å². The first-order chi connectivity index (χ1) is 8.50. The van der Waals surface area contributed by atoms with Crippen molar-refractivity contribution < 1.29 is 33.0 Å². The molecule has 1 aliphatic rings. The lowest BCUT2D eigenvalue weighted by molar-refractivity contribution is -0.142. The minimum atomic E-state index is -2.56. The number of rotatable bonds is 7. The largest absolute Gasteiger partial charge is 0.481 e. The molecule has 2 unspecified atom stereocenters. The third kappa shape index (κ3) is 4.92. The summed E-state index contributed by atoms with van der Waals surface area (Å²) < 4.78 is 32.9. The van der Waals surface area contributed by atoms with Crippen molar-refractivity contribution in [3.05, 3.63) is 0 Å². The van der Waals surface area contributed by atoms with Crippen molar-refractivity contribution in [1.29, 1.82) is 0 Å². The van der Waals surface area contributed by atoms with Crippen LogP contribution in [0.4, 0.5) is 8.78 Å². The summed E-state index contributed by atoms with van der Waals surface area (Å²) in [6.45, 7) is -0.637. The van der Waals surface area contributed by atoms with Crippen LogP contribution in [0.2, 0.25) is 0 Å². The number of carboxylic acids is 1. The quantitative estimate of drug-likeness (QED) is 0.628. The van der Waals surface area contributed by atoms with E-state index in [0.717, 1.165) is 0 Å². The number of halogens is 2. The smallest absolute Gasteiger partial charge is 0.311 e. The maximum atomic E-state index is 11.7. The highest BCUT2D eigenvalue weighted by Crippen LogP contribution is 2.13. The number of carbonyl (C=O) groups is 2. The van der Waals surface area contributed by atoms with Crippen LogP contribution in [-0.2, 0) is 19.1 Å². The Kier molecular flexibility index (Phi) is 5.93. The van der Waals surface area contributed by atoms with Gasteiger partial charge in [0.25, 0.3) is 6.43 Å². The SMILES string of the molecule is O=C(CCOCC(F)F)NC1COCC1C(=O)O. The minimum Gasteiger partial charge on any atom is -0.481 e. The number of hydrogen-bond acceptors (Lipinski definition) is 4. The van der Waals surface area contributed by atoms with Gasteiger partial charge in [0, 0.05) is 6.42 Å². The predicted octanol–water partition coefficient (Wildman–Crippen LogP) is -0.126. The molecule has 2 N–H and O–H groups in total. The maximum absolute atomic E-state index is 11.7. The zero-order chi connectivity index (χ0) is 13.5. The van der Waals surface area contributed by atoms with Gasteiger partial charge in [-0.2, -0.15) is 0 Å². The van der Waals surface area contributed by atoms with E-state index in [9.17, 15) is 18.4 Å². The number of ether oxygens (including phenoxy) is 2. The van der Waals surface area contributed by atoms with Crippen molar-refractivity contribution in [2.24, 2.45) is 5.92 Å². The molecule has 8 heteroatoms. The van der Waals surface area contributed by atoms with Gasteiger partial charge in [-0.3, -0.25) is 9.59 Å². The lowest BCUT2D eigenvalue weighted by Crippen LogP contribution is -2.42. The van der Waals surface area contributed by atoms with E-state index >= 15 is 0 Å². The van der Waals surface area contributed by atoms with Gasteiger partial charge in [0.1, 0.15) is 12.5 Å². The van der Waals surface area contributed by atoms with Gasteiger partial charge in [0.2, 0.25) is 5.91 Å². The van der Waals surface area contributed by atoms with Crippen LogP contribution in [0.15, 0.2) is 0 Å². The second-order valence-electron chi connectivity index (χ2n) is 3.87. The second kappa shape index (κ2) is 7.22. The molecule has 2 atom stereocenters. The first-order valence-electron chi connectivity index (χ1n) is 5.46. The highest BCUT2D eigenvalue weighted by atomic mass is 19.3. The Labute approximate surface area is 102 Å². The monoisotopic (exact) mass is 267 g/mol. The molecule has 1 aliphatic heterocycles. The molecule has 18 heavy (non-hydrogen) atoms. The molecule has 0 aromatic heterocycles. The fourth-order valence-corrected chi connectivity index (χ4v) is 1.56. The number of nitrogens with one attached hydrogen (secondary N) is 1. The Morgan fingerprint density at radius 3 is 2.78 bits per heavy atom. The molecule has 0 radical (unpaired) electrons. The number of hydrogen-bond donors (Lipinski definition) is 2. The molecule has 6 nitrogen and oxygen atoms in total. The van der Waals surface area contributed by atoms with E-state index in [2.05, 4.69) is 10.1 Å². The number of alkyl halides is 2. The predicted molar refractivity (Wildman–Crippen MR) is 55.3 cm³/mol. The van der Waals surface area contributed by atoms with Crippen LogP contribution in [0.5, 0.6) is 0 Å². The van der Waals surface area contributed by atoms with Crippen molar-refractivity contribution >= 4 is 11.9 Å². The van der Waals surface area contributed by atoms with Crippen LogP contribution in [-0.4, -0.2) is 55.9 Å². The molecule has 1 heterocycles. The van der Waals surface area contributed by atoms with Gasteiger partial charge in [-0.25, -0.2) is 8.78 Å². The third-order valence-electron chi connectivity index (χ3n) is 2.46. The summed E-state index contributed by atoms with van der Waals surface area (Å²) >= 11 is 0. The normalized spacial score (nSPS) is 23.3. The zero-order valence-corrected chi connectivity index (χ0v) is 9.60. The lowest BCUT2D eigenvalue weighted by atomic mass is 10.0. The Hall–Kier alpha value is -1.28. The van der Waals surface area contributed by atoms with Crippen LogP contribution >= 0.6 is 0 Å². The molecule has 0 spiro atoms. The summed E-state index contributed by atoms with van der Waals surface area (Å²) in [6.07, 6.45) is -2.65. The molecule has 0 bridgehead atoms. The van der Waals surface area contributed by atoms with Crippen molar-refractivity contribution in [1.82, 2.24) is 5.32 Å². The molecule has 1 fully saturated rings. The number of amides is 1. The zero-order valence-electron chi connectivity index (χ0n) is 9.60. The number of aliphatic carboxylic acids is 1. The third-order valence-corrected chi connectivity index (χ3v) is 2.46. The molecule has 1 rings (SSSR count). The van der Waals surface area contributed by atoms with E-state index in [0.29, 0.717) is 0 Å². The van der Waals surface area contributed by atoms with Crippen LogP contribution in [0.1, 0.15) is 6.42 Å². The van der Waals surface area contributed by atoms with Gasteiger partial charge >= 0.3 is 5.97 Å². The van der Waals surface area contributed by atoms with Crippen molar-refractivity contribution in [3.63, 3.8) is 0 Å². The van der Waals surface area contributed by atoms with Gasteiger partial charge in [-0.1, -0.05) is 0 Å². The molecular formula is C10H15F2NO5. The Balaban J connectivity index is 2.21. The first kappa shape index (κ1) is 14.8. The number of carboxylic acid groups (broad SMARTS) is 1. The van der Waals surface area contributed by atoms with Gasteiger partial charge in [-0.15, -0.1) is 0 Å². The van der Waals surface area contributed by atoms with E-state index in [4.69, 9.17) is 9.84 Å². The second-order valence-corrected chi connectivity index (χ2v) is 3.87. The summed E-state index contributed by atoms with van der Waals surface area (Å²) in [4.78, 5) is 22.2. The van der Waals surface area contributed by atoms with Crippen LogP contribution in [0.3, 0.4) is 0 Å². The fraction of sp³-hybridized carbons (Fsp3) is 0.800. The Morgan fingerprint density at radius 1 is 1.44 bits per heavy atom. The van der Waals surface area contributed by atoms with Crippen molar-refractivity contribution in [2.45, 2.75) is 18.9 Å². The molecule has 1 amide bonds. The highest BCUT2D eigenvalue weighted by Gasteiger charge is 2.34. The number of carbonyl (C=O) groups excluding carboxylic acids is 1. The van der Waals surface area contributed by atoms with E-state index < -0.39 is 36.9 Å². The van der Waals surface area contributed by atoms with Gasteiger partial charge < -0.3 is 19.9 Å². The minimum absolute atomic E-state index is 0.0577. The Bertz CT molecular complexity index is 300. The van der Waals surface area contributed by atoms with Gasteiger partial charge in [0.05, 0.1) is 25.9 Å². The van der Waals surface area contributed by atoms with Gasteiger partial charge in [-0.05, 0) is 0 Å². The van der Waals surface area contributed by atoms with Crippen molar-refractivity contribution in [2.75, 3.05) is 26.4 Å². The van der Waals surface area contributed by atoms with E-state index in [1.165, 1.54) is 0 Å². The van der Waals surface area contributed by atoms with Crippen molar-refractivity contribution in [3.8, 4) is 0 Å². The molecule has 0 aliphatic carbocycles. The molecule has 0 aromatic carbocycles. The fourth-order valence-electron chi connectivity index (χ4n) is 1.56.